The number of amides is 2. The van der Waals surface area contributed by atoms with Gasteiger partial charge in [0.25, 0.3) is 0 Å². The molecular formula is C8H14N2O2. The first-order chi connectivity index (χ1) is 5.46. The Bertz CT molecular complexity index is 223. The average molecular weight is 170 g/mol. The summed E-state index contributed by atoms with van der Waals surface area (Å²) in [6.07, 6.45) is 1.37. The molecule has 1 rings (SSSR count). The lowest BCUT2D eigenvalue weighted by Crippen LogP contribution is -2.53. The zero-order chi connectivity index (χ0) is 9.35. The summed E-state index contributed by atoms with van der Waals surface area (Å²) in [7, 11) is 0. The molecule has 1 aliphatic heterocycles. The maximum atomic E-state index is 11.2. The predicted molar refractivity (Wildman–Crippen MR) is 44.2 cm³/mol. The molecule has 0 aromatic rings. The van der Waals surface area contributed by atoms with Crippen molar-refractivity contribution in [2.24, 2.45) is 5.73 Å². The van der Waals surface area contributed by atoms with Gasteiger partial charge in [-0.3, -0.25) is 9.59 Å². The van der Waals surface area contributed by atoms with E-state index in [1.807, 2.05) is 0 Å². The van der Waals surface area contributed by atoms with Crippen molar-refractivity contribution in [2.45, 2.75) is 32.2 Å². The van der Waals surface area contributed by atoms with Gasteiger partial charge in [0.1, 0.15) is 5.54 Å². The highest BCUT2D eigenvalue weighted by Gasteiger charge is 2.38. The summed E-state index contributed by atoms with van der Waals surface area (Å²) in [4.78, 5) is 23.8. The van der Waals surface area contributed by atoms with Crippen LogP contribution in [0.4, 0.5) is 0 Å². The average Bonchev–Trinajstić information content (AvgIpc) is 2.35. The second-order valence-electron chi connectivity index (χ2n) is 3.57. The van der Waals surface area contributed by atoms with Gasteiger partial charge >= 0.3 is 0 Å². The molecule has 1 fully saturated rings. The molecule has 1 saturated heterocycles. The van der Waals surface area contributed by atoms with Crippen molar-refractivity contribution < 1.29 is 9.59 Å². The van der Waals surface area contributed by atoms with E-state index in [0.717, 1.165) is 6.42 Å². The molecule has 0 atom stereocenters. The fourth-order valence-electron chi connectivity index (χ4n) is 1.37. The Labute approximate surface area is 71.7 Å². The fourth-order valence-corrected chi connectivity index (χ4v) is 1.37. The van der Waals surface area contributed by atoms with E-state index in [-0.39, 0.29) is 5.91 Å². The van der Waals surface area contributed by atoms with Gasteiger partial charge in [0.2, 0.25) is 11.8 Å². The largest absolute Gasteiger partial charge is 0.368 e. The van der Waals surface area contributed by atoms with Crippen molar-refractivity contribution in [2.75, 3.05) is 6.54 Å². The van der Waals surface area contributed by atoms with Crippen molar-refractivity contribution in [3.63, 3.8) is 0 Å². The van der Waals surface area contributed by atoms with Gasteiger partial charge in [-0.05, 0) is 20.3 Å². The number of hydrogen-bond donors (Lipinski definition) is 1. The Morgan fingerprint density at radius 2 is 2.17 bits per heavy atom. The lowest BCUT2D eigenvalue weighted by atomic mass is 10.0. The second-order valence-corrected chi connectivity index (χ2v) is 3.57. The van der Waals surface area contributed by atoms with E-state index < -0.39 is 11.4 Å². The van der Waals surface area contributed by atoms with Gasteiger partial charge in [-0.15, -0.1) is 0 Å². The highest BCUT2D eigenvalue weighted by Crippen LogP contribution is 2.21. The molecule has 0 aromatic heterocycles. The lowest BCUT2D eigenvalue weighted by molar-refractivity contribution is -0.140. The zero-order valence-corrected chi connectivity index (χ0v) is 7.46. The molecular weight excluding hydrogens is 156 g/mol. The number of nitrogens with two attached hydrogens (primary N) is 1. The number of carbonyl (C=O) groups is 2. The van der Waals surface area contributed by atoms with Crippen LogP contribution in [0.3, 0.4) is 0 Å². The van der Waals surface area contributed by atoms with E-state index in [1.54, 1.807) is 18.7 Å². The number of nitrogens with zero attached hydrogens (tertiary/aromatic N) is 1. The molecule has 1 aliphatic rings. The fraction of sp³-hybridized carbons (Fsp3) is 0.750. The van der Waals surface area contributed by atoms with E-state index in [9.17, 15) is 9.59 Å². The first kappa shape index (κ1) is 9.03. The topological polar surface area (TPSA) is 63.4 Å². The number of carbonyl (C=O) groups excluding carboxylic acids is 2. The Balaban J connectivity index is 2.80. The molecule has 2 N–H and O–H groups in total. The predicted octanol–water partition coefficient (Wildman–Crippen LogP) is -0.127. The van der Waals surface area contributed by atoms with Crippen molar-refractivity contribution in [1.29, 1.82) is 0 Å². The highest BCUT2D eigenvalue weighted by molar-refractivity contribution is 5.90. The van der Waals surface area contributed by atoms with Crippen LogP contribution in [0.2, 0.25) is 0 Å². The van der Waals surface area contributed by atoms with Crippen molar-refractivity contribution >= 4 is 11.8 Å². The van der Waals surface area contributed by atoms with Crippen molar-refractivity contribution in [3.8, 4) is 0 Å². The maximum Gasteiger partial charge on any atom is 0.242 e. The normalized spacial score (nSPS) is 18.5. The third-order valence-corrected chi connectivity index (χ3v) is 2.35. The van der Waals surface area contributed by atoms with E-state index in [1.165, 1.54) is 0 Å². The molecule has 4 nitrogen and oxygen atoms in total. The monoisotopic (exact) mass is 170 g/mol. The van der Waals surface area contributed by atoms with E-state index in [4.69, 9.17) is 5.73 Å². The summed E-state index contributed by atoms with van der Waals surface area (Å²) in [5, 5.41) is 0. The van der Waals surface area contributed by atoms with Crippen molar-refractivity contribution in [1.82, 2.24) is 4.90 Å². The molecule has 0 saturated carbocycles. The van der Waals surface area contributed by atoms with Gasteiger partial charge in [0.05, 0.1) is 0 Å². The smallest absolute Gasteiger partial charge is 0.242 e. The summed E-state index contributed by atoms with van der Waals surface area (Å²) < 4.78 is 0. The quantitative estimate of drug-likeness (QED) is 0.627. The molecule has 12 heavy (non-hydrogen) atoms. The number of hydrogen-bond acceptors (Lipinski definition) is 2. The van der Waals surface area contributed by atoms with Crippen LogP contribution in [-0.4, -0.2) is 28.8 Å². The third kappa shape index (κ3) is 1.29. The van der Waals surface area contributed by atoms with E-state index >= 15 is 0 Å². The minimum absolute atomic E-state index is 0.0267. The standard InChI is InChI=1S/C8H14N2O2/c1-8(2,7(9)12)10-5-3-4-6(10)11/h3-5H2,1-2H3,(H2,9,12). The molecule has 1 heterocycles. The Morgan fingerprint density at radius 3 is 2.50 bits per heavy atom. The Hall–Kier alpha value is -1.06. The summed E-state index contributed by atoms with van der Waals surface area (Å²) in [5.74, 6) is -0.420. The van der Waals surface area contributed by atoms with Gasteiger partial charge in [0.15, 0.2) is 0 Å². The number of primary amides is 1. The first-order valence-electron chi connectivity index (χ1n) is 4.06. The zero-order valence-electron chi connectivity index (χ0n) is 7.46. The maximum absolute atomic E-state index is 11.2. The summed E-state index contributed by atoms with van der Waals surface area (Å²) >= 11 is 0. The molecule has 0 spiro atoms. The minimum Gasteiger partial charge on any atom is -0.368 e. The Kier molecular flexibility index (Phi) is 2.08. The Morgan fingerprint density at radius 1 is 1.58 bits per heavy atom. The molecule has 68 valence electrons. The summed E-state index contributed by atoms with van der Waals surface area (Å²) in [6.45, 7) is 4.01. The number of rotatable bonds is 2. The van der Waals surface area contributed by atoms with Crippen LogP contribution >= 0.6 is 0 Å². The van der Waals surface area contributed by atoms with Crippen LogP contribution in [0, 0.1) is 0 Å². The van der Waals surface area contributed by atoms with Crippen molar-refractivity contribution in [3.05, 3.63) is 0 Å². The molecule has 4 heteroatoms. The van der Waals surface area contributed by atoms with Crippen LogP contribution in [0.5, 0.6) is 0 Å². The van der Waals surface area contributed by atoms with Crippen LogP contribution in [0.15, 0.2) is 0 Å². The number of likely N-dealkylation sites (tertiary alicyclic amines) is 1. The molecule has 0 aromatic carbocycles. The van der Waals surface area contributed by atoms with Crippen LogP contribution in [0.1, 0.15) is 26.7 Å². The second kappa shape index (κ2) is 2.77. The SMILES string of the molecule is CC(C)(C(N)=O)N1CCCC1=O. The lowest BCUT2D eigenvalue weighted by Gasteiger charge is -2.32. The van der Waals surface area contributed by atoms with Crippen LogP contribution < -0.4 is 5.73 Å². The molecule has 0 aliphatic carbocycles. The van der Waals surface area contributed by atoms with Crippen LogP contribution in [0.25, 0.3) is 0 Å². The molecule has 0 radical (unpaired) electrons. The minimum atomic E-state index is -0.826. The van der Waals surface area contributed by atoms with Crippen LogP contribution in [-0.2, 0) is 9.59 Å². The first-order valence-corrected chi connectivity index (χ1v) is 4.06. The third-order valence-electron chi connectivity index (χ3n) is 2.35. The summed E-state index contributed by atoms with van der Waals surface area (Å²) in [6, 6.07) is 0. The molecule has 0 unspecified atom stereocenters. The molecule has 0 bridgehead atoms. The van der Waals surface area contributed by atoms with E-state index in [2.05, 4.69) is 0 Å². The highest BCUT2D eigenvalue weighted by atomic mass is 16.2. The van der Waals surface area contributed by atoms with E-state index in [0.29, 0.717) is 13.0 Å². The van der Waals surface area contributed by atoms with Gasteiger partial charge < -0.3 is 10.6 Å². The van der Waals surface area contributed by atoms with Gasteiger partial charge in [-0.25, -0.2) is 0 Å². The van der Waals surface area contributed by atoms with Gasteiger partial charge in [0, 0.05) is 13.0 Å². The van der Waals surface area contributed by atoms with Gasteiger partial charge in [-0.1, -0.05) is 0 Å². The molecule has 2 amide bonds. The summed E-state index contributed by atoms with van der Waals surface area (Å²) in [5.41, 5.74) is 4.35. The van der Waals surface area contributed by atoms with Gasteiger partial charge in [-0.2, -0.15) is 0 Å².